The maximum Gasteiger partial charge on any atom is 0.0897 e. The highest BCUT2D eigenvalue weighted by molar-refractivity contribution is 7.09. The summed E-state index contributed by atoms with van der Waals surface area (Å²) in [6.07, 6.45) is 6.98. The lowest BCUT2D eigenvalue weighted by molar-refractivity contribution is 0.0364. The molecule has 1 aromatic heterocycles. The van der Waals surface area contributed by atoms with Crippen LogP contribution < -0.4 is 5.32 Å². The molecule has 1 aliphatic carbocycles. The van der Waals surface area contributed by atoms with Gasteiger partial charge in [-0.05, 0) is 19.8 Å². The van der Waals surface area contributed by atoms with E-state index in [2.05, 4.69) is 10.3 Å². The SMILES string of the molecule is Cc1ncsc1CCOCC(O)CNC1CCCCC1. The number of hydrogen-bond donors (Lipinski definition) is 2. The van der Waals surface area contributed by atoms with Crippen LogP contribution in [0.1, 0.15) is 42.7 Å². The monoisotopic (exact) mass is 298 g/mol. The third kappa shape index (κ3) is 5.48. The maximum absolute atomic E-state index is 9.89. The number of ether oxygens (including phenoxy) is 1. The Balaban J connectivity index is 1.51. The van der Waals surface area contributed by atoms with Crippen LogP contribution in [-0.4, -0.2) is 42.0 Å². The number of nitrogens with one attached hydrogen (secondary N) is 1. The fourth-order valence-electron chi connectivity index (χ4n) is 2.62. The summed E-state index contributed by atoms with van der Waals surface area (Å²) in [4.78, 5) is 5.49. The lowest BCUT2D eigenvalue weighted by atomic mass is 9.95. The van der Waals surface area contributed by atoms with E-state index in [9.17, 15) is 5.11 Å². The first-order valence-corrected chi connectivity index (χ1v) is 8.52. The Kier molecular flexibility index (Phi) is 6.93. The molecule has 0 aromatic carbocycles. The molecule has 0 amide bonds. The van der Waals surface area contributed by atoms with Crippen LogP contribution in [0.3, 0.4) is 0 Å². The molecule has 2 N–H and O–H groups in total. The van der Waals surface area contributed by atoms with Crippen molar-refractivity contribution in [3.05, 3.63) is 16.1 Å². The zero-order chi connectivity index (χ0) is 14.2. The van der Waals surface area contributed by atoms with Crippen LogP contribution in [0.4, 0.5) is 0 Å². The number of hydrogen-bond acceptors (Lipinski definition) is 5. The molecule has 1 aliphatic rings. The van der Waals surface area contributed by atoms with Gasteiger partial charge in [0, 0.05) is 23.9 Å². The summed E-state index contributed by atoms with van der Waals surface area (Å²) in [6, 6.07) is 0.596. The van der Waals surface area contributed by atoms with E-state index in [-0.39, 0.29) is 0 Å². The number of aliphatic hydroxyl groups excluding tert-OH is 1. The van der Waals surface area contributed by atoms with E-state index in [1.54, 1.807) is 11.3 Å². The average Bonchev–Trinajstić information content (AvgIpc) is 2.88. The van der Waals surface area contributed by atoms with Crippen molar-refractivity contribution in [2.75, 3.05) is 19.8 Å². The van der Waals surface area contributed by atoms with Gasteiger partial charge in [-0.3, -0.25) is 0 Å². The predicted octanol–water partition coefficient (Wildman–Crippen LogP) is 2.29. The zero-order valence-corrected chi connectivity index (χ0v) is 13.1. The molecule has 0 radical (unpaired) electrons. The lowest BCUT2D eigenvalue weighted by Crippen LogP contribution is -2.38. The van der Waals surface area contributed by atoms with Gasteiger partial charge < -0.3 is 15.2 Å². The quantitative estimate of drug-likeness (QED) is 0.723. The first kappa shape index (κ1) is 15.9. The normalized spacial score (nSPS) is 18.3. The summed E-state index contributed by atoms with van der Waals surface area (Å²) < 4.78 is 5.55. The van der Waals surface area contributed by atoms with Gasteiger partial charge in [0.1, 0.15) is 0 Å². The van der Waals surface area contributed by atoms with Gasteiger partial charge >= 0.3 is 0 Å². The van der Waals surface area contributed by atoms with Crippen LogP contribution in [-0.2, 0) is 11.2 Å². The molecule has 114 valence electrons. The average molecular weight is 298 g/mol. The van der Waals surface area contributed by atoms with Crippen LogP contribution in [0.5, 0.6) is 0 Å². The molecule has 20 heavy (non-hydrogen) atoms. The molecule has 5 heteroatoms. The number of thiazole rings is 1. The maximum atomic E-state index is 9.89. The van der Waals surface area contributed by atoms with Gasteiger partial charge in [-0.25, -0.2) is 4.98 Å². The Labute approximate surface area is 125 Å². The van der Waals surface area contributed by atoms with Gasteiger partial charge in [-0.15, -0.1) is 11.3 Å². The molecule has 1 saturated carbocycles. The molecule has 1 fully saturated rings. The van der Waals surface area contributed by atoms with Gasteiger partial charge in [0.15, 0.2) is 0 Å². The second-order valence-corrected chi connectivity index (χ2v) is 6.52. The minimum Gasteiger partial charge on any atom is -0.389 e. The van der Waals surface area contributed by atoms with Crippen LogP contribution in [0.25, 0.3) is 0 Å². The van der Waals surface area contributed by atoms with Gasteiger partial charge in [0.25, 0.3) is 0 Å². The van der Waals surface area contributed by atoms with E-state index < -0.39 is 6.10 Å². The standard InChI is InChI=1S/C15H26N2O2S/c1-12-15(20-11-17-12)7-8-19-10-14(18)9-16-13-5-3-2-4-6-13/h11,13-14,16,18H,2-10H2,1H3. The molecule has 4 nitrogen and oxygen atoms in total. The highest BCUT2D eigenvalue weighted by Gasteiger charge is 2.14. The van der Waals surface area contributed by atoms with Gasteiger partial charge in [-0.1, -0.05) is 19.3 Å². The van der Waals surface area contributed by atoms with E-state index in [0.29, 0.717) is 25.8 Å². The summed E-state index contributed by atoms with van der Waals surface area (Å²) in [5, 5.41) is 13.3. The van der Waals surface area contributed by atoms with Crippen LogP contribution in [0.2, 0.25) is 0 Å². The summed E-state index contributed by atoms with van der Waals surface area (Å²) in [7, 11) is 0. The number of aryl methyl sites for hydroxylation is 1. The summed E-state index contributed by atoms with van der Waals surface area (Å²) >= 11 is 1.67. The number of aromatic nitrogens is 1. The molecule has 0 saturated heterocycles. The van der Waals surface area contributed by atoms with Crippen molar-refractivity contribution in [3.63, 3.8) is 0 Å². The van der Waals surface area contributed by atoms with Crippen LogP contribution in [0.15, 0.2) is 5.51 Å². The van der Waals surface area contributed by atoms with Crippen molar-refractivity contribution in [1.29, 1.82) is 0 Å². The lowest BCUT2D eigenvalue weighted by Gasteiger charge is -2.24. The Morgan fingerprint density at radius 1 is 1.45 bits per heavy atom. The molecular formula is C15H26N2O2S. The molecule has 0 aliphatic heterocycles. The van der Waals surface area contributed by atoms with E-state index in [1.165, 1.54) is 37.0 Å². The van der Waals surface area contributed by atoms with Crippen molar-refractivity contribution in [3.8, 4) is 0 Å². The molecule has 0 spiro atoms. The molecular weight excluding hydrogens is 272 g/mol. The molecule has 2 rings (SSSR count). The topological polar surface area (TPSA) is 54.4 Å². The summed E-state index contributed by atoms with van der Waals surface area (Å²) in [6.45, 7) is 3.74. The first-order chi connectivity index (χ1) is 9.75. The minimum absolute atomic E-state index is 0.403. The van der Waals surface area contributed by atoms with Crippen molar-refractivity contribution in [2.45, 2.75) is 57.6 Å². The Morgan fingerprint density at radius 3 is 2.95 bits per heavy atom. The van der Waals surface area contributed by atoms with Crippen molar-refractivity contribution < 1.29 is 9.84 Å². The fourth-order valence-corrected chi connectivity index (χ4v) is 3.38. The minimum atomic E-state index is -0.403. The first-order valence-electron chi connectivity index (χ1n) is 7.64. The third-order valence-electron chi connectivity index (χ3n) is 3.88. The van der Waals surface area contributed by atoms with E-state index in [1.807, 2.05) is 12.4 Å². The Hall–Kier alpha value is -0.490. The second-order valence-electron chi connectivity index (χ2n) is 5.58. The van der Waals surface area contributed by atoms with E-state index in [4.69, 9.17) is 4.74 Å². The largest absolute Gasteiger partial charge is 0.389 e. The zero-order valence-electron chi connectivity index (χ0n) is 12.3. The number of nitrogens with zero attached hydrogens (tertiary/aromatic N) is 1. The van der Waals surface area contributed by atoms with Crippen molar-refractivity contribution in [1.82, 2.24) is 10.3 Å². The van der Waals surface area contributed by atoms with E-state index in [0.717, 1.165) is 12.1 Å². The fraction of sp³-hybridized carbons (Fsp3) is 0.800. The molecule has 1 heterocycles. The summed E-state index contributed by atoms with van der Waals surface area (Å²) in [5.74, 6) is 0. The van der Waals surface area contributed by atoms with Gasteiger partial charge in [0.05, 0.1) is 30.5 Å². The van der Waals surface area contributed by atoms with E-state index >= 15 is 0 Å². The van der Waals surface area contributed by atoms with Gasteiger partial charge in [-0.2, -0.15) is 0 Å². The molecule has 0 bridgehead atoms. The van der Waals surface area contributed by atoms with Gasteiger partial charge in [0.2, 0.25) is 0 Å². The van der Waals surface area contributed by atoms with Crippen molar-refractivity contribution >= 4 is 11.3 Å². The molecule has 1 atom stereocenters. The molecule has 1 aromatic rings. The second kappa shape index (κ2) is 8.72. The van der Waals surface area contributed by atoms with Crippen molar-refractivity contribution in [2.24, 2.45) is 0 Å². The number of aliphatic hydroxyl groups is 1. The Morgan fingerprint density at radius 2 is 2.25 bits per heavy atom. The Bertz CT molecular complexity index is 378. The van der Waals surface area contributed by atoms with Crippen LogP contribution >= 0.6 is 11.3 Å². The third-order valence-corrected chi connectivity index (χ3v) is 4.87. The highest BCUT2D eigenvalue weighted by Crippen LogP contribution is 2.17. The highest BCUT2D eigenvalue weighted by atomic mass is 32.1. The molecule has 1 unspecified atom stereocenters. The summed E-state index contributed by atoms with van der Waals surface area (Å²) in [5.41, 5.74) is 2.96. The van der Waals surface area contributed by atoms with Crippen LogP contribution in [0, 0.1) is 6.92 Å². The number of rotatable bonds is 8. The predicted molar refractivity (Wildman–Crippen MR) is 82.3 cm³/mol. The smallest absolute Gasteiger partial charge is 0.0897 e.